The molecule has 0 aliphatic carbocycles. The summed E-state index contributed by atoms with van der Waals surface area (Å²) < 4.78 is 59.6. The number of benzene rings is 1. The van der Waals surface area contributed by atoms with Crippen LogP contribution in [0.4, 0.5) is 5.82 Å². The number of phosphoric acid groups is 3. The number of rotatable bonds is 11. The second kappa shape index (κ2) is 11.2. The van der Waals surface area contributed by atoms with Crippen LogP contribution in [-0.2, 0) is 42.9 Å². The van der Waals surface area contributed by atoms with Crippen LogP contribution in [0.1, 0.15) is 11.8 Å². The summed E-state index contributed by atoms with van der Waals surface area (Å²) in [6.07, 6.45) is -2.58. The average molecular weight is 597 g/mol. The molecule has 0 spiro atoms. The summed E-state index contributed by atoms with van der Waals surface area (Å²) in [4.78, 5) is 48.5. The van der Waals surface area contributed by atoms with E-state index < -0.39 is 54.6 Å². The molecule has 1 aromatic carbocycles. The van der Waals surface area contributed by atoms with Gasteiger partial charge in [0.15, 0.2) is 17.7 Å². The Labute approximate surface area is 213 Å². The standard InChI is InChI=1S/C17H22N5O13P3/c18-15-12-16(20-8-19-15)22(9-21-12)17-14(31-6-10-4-2-1-3-5-10)13(23)11(33-17)7-32-37(27,28)35-38(29,30)34-36(24,25)26/h1-5,8-9,11,13-14,17,23H,6-7H2,(H,27,28)(H,29,30)(H2,18,19,20)(H2,24,25,26)/t11-,13-,14-,17+/m1/s1. The molecule has 38 heavy (non-hydrogen) atoms. The van der Waals surface area contributed by atoms with E-state index >= 15 is 0 Å². The van der Waals surface area contributed by atoms with Gasteiger partial charge in [0.25, 0.3) is 0 Å². The summed E-state index contributed by atoms with van der Waals surface area (Å²) in [6.45, 7) is -0.856. The van der Waals surface area contributed by atoms with Gasteiger partial charge in [-0.15, -0.1) is 0 Å². The second-order valence-electron chi connectivity index (χ2n) is 7.79. The largest absolute Gasteiger partial charge is 0.490 e. The Morgan fingerprint density at radius 3 is 2.39 bits per heavy atom. The maximum Gasteiger partial charge on any atom is 0.490 e. The average Bonchev–Trinajstić information content (AvgIpc) is 3.36. The van der Waals surface area contributed by atoms with Crippen molar-refractivity contribution >= 4 is 40.4 Å². The molecular weight excluding hydrogens is 575 g/mol. The van der Waals surface area contributed by atoms with E-state index in [9.17, 15) is 28.6 Å². The highest BCUT2D eigenvalue weighted by atomic mass is 31.3. The zero-order valence-electron chi connectivity index (χ0n) is 19.0. The van der Waals surface area contributed by atoms with Crippen molar-refractivity contribution in [3.63, 3.8) is 0 Å². The van der Waals surface area contributed by atoms with Crippen LogP contribution in [0.25, 0.3) is 11.2 Å². The summed E-state index contributed by atoms with van der Waals surface area (Å²) in [5, 5.41) is 10.9. The van der Waals surface area contributed by atoms with Gasteiger partial charge in [0.1, 0.15) is 30.2 Å². The highest BCUT2D eigenvalue weighted by Gasteiger charge is 2.48. The minimum atomic E-state index is -5.72. The Kier molecular flexibility index (Phi) is 8.47. The quantitative estimate of drug-likeness (QED) is 0.165. The van der Waals surface area contributed by atoms with Gasteiger partial charge in [0.2, 0.25) is 0 Å². The molecule has 2 unspecified atom stereocenters. The van der Waals surface area contributed by atoms with Crippen molar-refractivity contribution in [1.29, 1.82) is 0 Å². The van der Waals surface area contributed by atoms with Crippen LogP contribution in [0.5, 0.6) is 0 Å². The molecule has 0 amide bonds. The molecular formula is C17H22N5O13P3. The lowest BCUT2D eigenvalue weighted by atomic mass is 10.1. The van der Waals surface area contributed by atoms with Gasteiger partial charge >= 0.3 is 23.5 Å². The molecule has 2 aromatic heterocycles. The SMILES string of the molecule is Nc1ncnc2c1ncn2[C@H]1O[C@H](COP(=O)(O)OP(=O)(O)OP(=O)(O)O)[C@@H](O)[C@H]1OCc1ccccc1. The normalized spacial score (nSPS) is 25.3. The maximum atomic E-state index is 12.1. The van der Waals surface area contributed by atoms with Gasteiger partial charge in [0, 0.05) is 0 Å². The first-order valence-electron chi connectivity index (χ1n) is 10.4. The number of fused-ring (bicyclic) bond motifs is 1. The molecule has 4 rings (SSSR count). The Hall–Kier alpha value is -2.14. The van der Waals surface area contributed by atoms with E-state index in [1.165, 1.54) is 17.2 Å². The molecule has 208 valence electrons. The van der Waals surface area contributed by atoms with Crippen LogP contribution in [0.15, 0.2) is 43.0 Å². The van der Waals surface area contributed by atoms with Gasteiger partial charge in [-0.2, -0.15) is 8.62 Å². The van der Waals surface area contributed by atoms with E-state index in [1.54, 1.807) is 30.3 Å². The van der Waals surface area contributed by atoms with Crippen LogP contribution in [0.2, 0.25) is 0 Å². The second-order valence-corrected chi connectivity index (χ2v) is 12.2. The summed E-state index contributed by atoms with van der Waals surface area (Å²) in [5.41, 5.74) is 7.07. The van der Waals surface area contributed by atoms with Crippen molar-refractivity contribution in [3.05, 3.63) is 48.5 Å². The van der Waals surface area contributed by atoms with Crippen molar-refractivity contribution in [1.82, 2.24) is 19.5 Å². The molecule has 3 heterocycles. The molecule has 0 bridgehead atoms. The molecule has 21 heteroatoms. The van der Waals surface area contributed by atoms with E-state index in [0.29, 0.717) is 0 Å². The third-order valence-electron chi connectivity index (χ3n) is 5.08. The molecule has 0 radical (unpaired) electrons. The molecule has 1 aliphatic heterocycles. The summed E-state index contributed by atoms with van der Waals surface area (Å²) >= 11 is 0. The number of ether oxygens (including phenoxy) is 2. The van der Waals surface area contributed by atoms with Gasteiger partial charge in [-0.1, -0.05) is 30.3 Å². The fraction of sp³-hybridized carbons (Fsp3) is 0.353. The lowest BCUT2D eigenvalue weighted by Crippen LogP contribution is -2.35. The monoisotopic (exact) mass is 597 g/mol. The van der Waals surface area contributed by atoms with Crippen LogP contribution in [0.3, 0.4) is 0 Å². The maximum absolute atomic E-state index is 12.1. The van der Waals surface area contributed by atoms with E-state index in [-0.39, 0.29) is 23.6 Å². The molecule has 6 atom stereocenters. The lowest BCUT2D eigenvalue weighted by Gasteiger charge is -2.22. The van der Waals surface area contributed by atoms with E-state index in [4.69, 9.17) is 25.0 Å². The first-order valence-corrected chi connectivity index (χ1v) is 15.0. The number of hydrogen-bond donors (Lipinski definition) is 6. The molecule has 7 N–H and O–H groups in total. The summed E-state index contributed by atoms with van der Waals surface area (Å²) in [6, 6.07) is 8.94. The number of phosphoric ester groups is 1. The predicted octanol–water partition coefficient (Wildman–Crippen LogP) is 0.595. The third-order valence-corrected chi connectivity index (χ3v) is 8.88. The number of nitrogens with zero attached hydrogens (tertiary/aromatic N) is 4. The minimum absolute atomic E-state index is 0.0365. The zero-order chi connectivity index (χ0) is 27.7. The third kappa shape index (κ3) is 7.08. The smallest absolute Gasteiger partial charge is 0.387 e. The lowest BCUT2D eigenvalue weighted by molar-refractivity contribution is -0.0759. The number of hydrogen-bond acceptors (Lipinski definition) is 13. The molecule has 1 saturated heterocycles. The van der Waals surface area contributed by atoms with E-state index in [2.05, 4.69) is 28.1 Å². The van der Waals surface area contributed by atoms with Crippen LogP contribution in [0, 0.1) is 0 Å². The summed E-state index contributed by atoms with van der Waals surface area (Å²) in [7, 11) is -16.7. The fourth-order valence-corrected chi connectivity index (χ4v) is 6.58. The Morgan fingerprint density at radius 2 is 1.71 bits per heavy atom. The van der Waals surface area contributed by atoms with Gasteiger partial charge in [-0.3, -0.25) is 9.09 Å². The van der Waals surface area contributed by atoms with Gasteiger partial charge in [-0.05, 0) is 5.56 Å². The number of anilines is 1. The number of aromatic nitrogens is 4. The zero-order valence-corrected chi connectivity index (χ0v) is 21.7. The number of imidazole rings is 1. The molecule has 1 aliphatic rings. The molecule has 3 aromatic rings. The Bertz CT molecular complexity index is 1420. The fourth-order valence-electron chi connectivity index (χ4n) is 3.55. The van der Waals surface area contributed by atoms with E-state index in [0.717, 1.165) is 5.56 Å². The van der Waals surface area contributed by atoms with Crippen LogP contribution in [-0.4, -0.2) is 69.1 Å². The van der Waals surface area contributed by atoms with Gasteiger partial charge in [-0.25, -0.2) is 28.6 Å². The van der Waals surface area contributed by atoms with Gasteiger partial charge < -0.3 is 39.9 Å². The number of nitrogen functional groups attached to an aromatic ring is 1. The first-order chi connectivity index (χ1) is 17.7. The van der Waals surface area contributed by atoms with Crippen molar-refractivity contribution < 1.29 is 61.0 Å². The Morgan fingerprint density at radius 1 is 1.00 bits per heavy atom. The summed E-state index contributed by atoms with van der Waals surface area (Å²) in [5.74, 6) is 0.0817. The molecule has 1 fully saturated rings. The molecule has 18 nitrogen and oxygen atoms in total. The van der Waals surface area contributed by atoms with Gasteiger partial charge in [0.05, 0.1) is 19.5 Å². The minimum Gasteiger partial charge on any atom is -0.387 e. The highest BCUT2D eigenvalue weighted by molar-refractivity contribution is 7.66. The predicted molar refractivity (Wildman–Crippen MR) is 124 cm³/mol. The van der Waals surface area contributed by atoms with Crippen LogP contribution >= 0.6 is 23.5 Å². The van der Waals surface area contributed by atoms with E-state index in [1.807, 2.05) is 0 Å². The van der Waals surface area contributed by atoms with Crippen molar-refractivity contribution in [2.24, 2.45) is 0 Å². The first kappa shape index (κ1) is 28.9. The topological polar surface area (TPSA) is 268 Å². The van der Waals surface area contributed by atoms with Crippen molar-refractivity contribution in [2.75, 3.05) is 12.3 Å². The van der Waals surface area contributed by atoms with Crippen molar-refractivity contribution in [2.45, 2.75) is 31.1 Å². The Balaban J connectivity index is 1.53. The van der Waals surface area contributed by atoms with Crippen LogP contribution < -0.4 is 5.73 Å². The number of nitrogens with two attached hydrogens (primary N) is 1. The van der Waals surface area contributed by atoms with Crippen molar-refractivity contribution in [3.8, 4) is 0 Å². The number of aliphatic hydroxyl groups is 1. The highest BCUT2D eigenvalue weighted by Crippen LogP contribution is 2.66. The molecule has 0 saturated carbocycles. The number of aliphatic hydroxyl groups excluding tert-OH is 1.